The third kappa shape index (κ3) is 9.52. The second-order valence-electron chi connectivity index (χ2n) is 7.48. The number of hydrogen-bond acceptors (Lipinski definition) is 3. The molecule has 5 heteroatoms. The van der Waals surface area contributed by atoms with Crippen molar-refractivity contribution in [1.29, 1.82) is 0 Å². The molecular weight excluding hydrogens is 378 g/mol. The monoisotopic (exact) mass is 409 g/mol. The maximum absolute atomic E-state index is 9.55. The van der Waals surface area contributed by atoms with Crippen LogP contribution in [0.3, 0.4) is 0 Å². The largest absolute Gasteiger partial charge is 0.478 e. The highest BCUT2D eigenvalue weighted by molar-refractivity contribution is 5.89. The Balaban J connectivity index is 0.000000343. The second kappa shape index (κ2) is 13.3. The molecule has 1 heterocycles. The molecule has 0 amide bonds. The Morgan fingerprint density at radius 2 is 1.37 bits per heavy atom. The van der Waals surface area contributed by atoms with E-state index in [0.29, 0.717) is 12.2 Å². The average molecular weight is 410 g/mol. The molecule has 0 saturated carbocycles. The van der Waals surface area contributed by atoms with Crippen molar-refractivity contribution in [2.24, 2.45) is 0 Å². The summed E-state index contributed by atoms with van der Waals surface area (Å²) in [7, 11) is 0. The van der Waals surface area contributed by atoms with E-state index in [1.807, 2.05) is 0 Å². The van der Waals surface area contributed by atoms with E-state index in [4.69, 9.17) is 10.2 Å². The molecule has 160 valence electrons. The van der Waals surface area contributed by atoms with Gasteiger partial charge in [0.1, 0.15) is 0 Å². The smallest absolute Gasteiger partial charge is 0.328 e. The fourth-order valence-corrected chi connectivity index (χ4v) is 3.67. The number of piperidine rings is 1. The van der Waals surface area contributed by atoms with Crippen molar-refractivity contribution in [2.75, 3.05) is 19.6 Å². The molecule has 0 aromatic heterocycles. The van der Waals surface area contributed by atoms with Crippen molar-refractivity contribution < 1.29 is 19.8 Å². The fourth-order valence-electron chi connectivity index (χ4n) is 3.67. The summed E-state index contributed by atoms with van der Waals surface area (Å²) in [5.41, 5.74) is 3.01. The van der Waals surface area contributed by atoms with Gasteiger partial charge in [0, 0.05) is 12.2 Å². The third-order valence-electron chi connectivity index (χ3n) is 5.26. The summed E-state index contributed by atoms with van der Waals surface area (Å²) in [4.78, 5) is 21.8. The lowest BCUT2D eigenvalue weighted by molar-refractivity contribution is -0.134. The maximum atomic E-state index is 9.55. The van der Waals surface area contributed by atoms with Crippen LogP contribution in [-0.4, -0.2) is 46.7 Å². The Labute approximate surface area is 178 Å². The molecule has 0 unspecified atom stereocenters. The maximum Gasteiger partial charge on any atom is 0.328 e. The number of likely N-dealkylation sites (tertiary alicyclic amines) is 1. The Hall–Kier alpha value is -2.92. The molecule has 3 rings (SSSR count). The lowest BCUT2D eigenvalue weighted by Crippen LogP contribution is -2.33. The summed E-state index contributed by atoms with van der Waals surface area (Å²) in [5.74, 6) is -1.73. The summed E-state index contributed by atoms with van der Waals surface area (Å²) >= 11 is 0. The van der Waals surface area contributed by atoms with E-state index < -0.39 is 11.9 Å². The first-order valence-corrected chi connectivity index (χ1v) is 10.5. The molecule has 1 aliphatic heterocycles. The van der Waals surface area contributed by atoms with Crippen LogP contribution in [0, 0.1) is 0 Å². The summed E-state index contributed by atoms with van der Waals surface area (Å²) < 4.78 is 0. The quantitative estimate of drug-likeness (QED) is 0.492. The Bertz CT molecular complexity index is 765. The summed E-state index contributed by atoms with van der Waals surface area (Å²) in [6.07, 6.45) is 7.62. The lowest BCUT2D eigenvalue weighted by Gasteiger charge is -2.32. The zero-order chi connectivity index (χ0) is 21.6. The summed E-state index contributed by atoms with van der Waals surface area (Å²) in [6.45, 7) is 3.81. The number of aryl methyl sites for hydroxylation is 1. The molecule has 0 bridgehead atoms. The first-order valence-electron chi connectivity index (χ1n) is 10.5. The minimum atomic E-state index is -1.26. The van der Waals surface area contributed by atoms with Gasteiger partial charge in [0.05, 0.1) is 0 Å². The standard InChI is InChI=1S/C21H27N.C4H4O4/c1-3-9-19(10-4-1)11-7-8-16-22-17-14-21(15-18-22)20-12-5-2-6-13-20;5-3(6)1-2-4(7)8/h1-6,9-10,12-13,21H,7-8,11,14-18H2;1-2H,(H,5,6)(H,7,8). The van der Waals surface area contributed by atoms with Gasteiger partial charge >= 0.3 is 11.9 Å². The van der Waals surface area contributed by atoms with Crippen molar-refractivity contribution in [3.05, 3.63) is 83.9 Å². The van der Waals surface area contributed by atoms with Crippen LogP contribution in [0.1, 0.15) is 42.7 Å². The molecule has 0 spiro atoms. The lowest BCUT2D eigenvalue weighted by atomic mass is 9.89. The first-order chi connectivity index (χ1) is 14.5. The number of hydrogen-bond donors (Lipinski definition) is 2. The average Bonchev–Trinajstić information content (AvgIpc) is 2.77. The number of aliphatic carboxylic acids is 2. The SMILES string of the molecule is O=C(O)C=CC(=O)O.c1ccc(CCCCN2CCC(c3ccccc3)CC2)cc1. The van der Waals surface area contributed by atoms with Gasteiger partial charge in [-0.25, -0.2) is 9.59 Å². The molecule has 2 aromatic rings. The van der Waals surface area contributed by atoms with Crippen LogP contribution in [0.4, 0.5) is 0 Å². The number of carboxylic acid groups (broad SMARTS) is 2. The number of benzene rings is 2. The van der Waals surface area contributed by atoms with Crippen molar-refractivity contribution in [1.82, 2.24) is 4.90 Å². The molecule has 1 fully saturated rings. The number of rotatable bonds is 8. The molecule has 1 aliphatic rings. The molecule has 1 saturated heterocycles. The van der Waals surface area contributed by atoms with Crippen LogP contribution in [0.5, 0.6) is 0 Å². The molecule has 0 aliphatic carbocycles. The summed E-state index contributed by atoms with van der Waals surface area (Å²) in [6, 6.07) is 21.9. The van der Waals surface area contributed by atoms with Gasteiger partial charge in [-0.2, -0.15) is 0 Å². The zero-order valence-electron chi connectivity index (χ0n) is 17.3. The summed E-state index contributed by atoms with van der Waals surface area (Å²) in [5, 5.41) is 15.6. The van der Waals surface area contributed by atoms with Crippen LogP contribution in [0.25, 0.3) is 0 Å². The van der Waals surface area contributed by atoms with Crippen LogP contribution >= 0.6 is 0 Å². The molecule has 2 aromatic carbocycles. The van der Waals surface area contributed by atoms with E-state index in [2.05, 4.69) is 65.6 Å². The van der Waals surface area contributed by atoms with E-state index in [1.54, 1.807) is 0 Å². The van der Waals surface area contributed by atoms with Crippen LogP contribution in [-0.2, 0) is 16.0 Å². The topological polar surface area (TPSA) is 77.8 Å². The minimum Gasteiger partial charge on any atom is -0.478 e. The Morgan fingerprint density at radius 1 is 0.833 bits per heavy atom. The fraction of sp³-hybridized carbons (Fsp3) is 0.360. The highest BCUT2D eigenvalue weighted by Gasteiger charge is 2.19. The van der Waals surface area contributed by atoms with Gasteiger partial charge in [0.15, 0.2) is 0 Å². The number of carbonyl (C=O) groups is 2. The Morgan fingerprint density at radius 3 is 1.90 bits per heavy atom. The van der Waals surface area contributed by atoms with E-state index in [1.165, 1.54) is 62.9 Å². The molecule has 0 atom stereocenters. The zero-order valence-corrected chi connectivity index (χ0v) is 17.3. The van der Waals surface area contributed by atoms with Gasteiger partial charge in [-0.05, 0) is 68.8 Å². The van der Waals surface area contributed by atoms with Crippen LogP contribution in [0.15, 0.2) is 72.8 Å². The molecule has 5 nitrogen and oxygen atoms in total. The second-order valence-corrected chi connectivity index (χ2v) is 7.48. The van der Waals surface area contributed by atoms with Crippen molar-refractivity contribution >= 4 is 11.9 Å². The Kier molecular flexibility index (Phi) is 10.4. The number of unbranched alkanes of at least 4 members (excludes halogenated alkanes) is 1. The van der Waals surface area contributed by atoms with Gasteiger partial charge in [0.2, 0.25) is 0 Å². The predicted molar refractivity (Wildman–Crippen MR) is 119 cm³/mol. The van der Waals surface area contributed by atoms with Gasteiger partial charge in [-0.15, -0.1) is 0 Å². The van der Waals surface area contributed by atoms with E-state index in [9.17, 15) is 9.59 Å². The van der Waals surface area contributed by atoms with Crippen LogP contribution < -0.4 is 0 Å². The highest BCUT2D eigenvalue weighted by Crippen LogP contribution is 2.27. The van der Waals surface area contributed by atoms with Gasteiger partial charge in [0.25, 0.3) is 0 Å². The third-order valence-corrected chi connectivity index (χ3v) is 5.26. The molecule has 0 radical (unpaired) electrons. The van der Waals surface area contributed by atoms with E-state index in [0.717, 1.165) is 5.92 Å². The van der Waals surface area contributed by atoms with Gasteiger partial charge in [-0.1, -0.05) is 60.7 Å². The van der Waals surface area contributed by atoms with Gasteiger partial charge < -0.3 is 15.1 Å². The van der Waals surface area contributed by atoms with Crippen molar-refractivity contribution in [2.45, 2.75) is 38.0 Å². The van der Waals surface area contributed by atoms with E-state index >= 15 is 0 Å². The molecular formula is C25H31NO4. The molecule has 30 heavy (non-hydrogen) atoms. The van der Waals surface area contributed by atoms with Crippen LogP contribution in [0.2, 0.25) is 0 Å². The van der Waals surface area contributed by atoms with Gasteiger partial charge in [-0.3, -0.25) is 0 Å². The number of carboxylic acids is 2. The normalized spacial score (nSPS) is 14.8. The predicted octanol–water partition coefficient (Wildman–Crippen LogP) is 4.60. The number of nitrogens with zero attached hydrogens (tertiary/aromatic N) is 1. The van der Waals surface area contributed by atoms with E-state index in [-0.39, 0.29) is 0 Å². The minimum absolute atomic E-state index is 0.558. The molecule has 2 N–H and O–H groups in total. The highest BCUT2D eigenvalue weighted by atomic mass is 16.4. The van der Waals surface area contributed by atoms with Crippen molar-refractivity contribution in [3.63, 3.8) is 0 Å². The van der Waals surface area contributed by atoms with Crippen molar-refractivity contribution in [3.8, 4) is 0 Å². The first kappa shape index (κ1) is 23.4.